The second-order valence-corrected chi connectivity index (χ2v) is 9.35. The first-order valence-electron chi connectivity index (χ1n) is 12.4. The molecule has 1 atom stereocenters. The monoisotopic (exact) mass is 473 g/mol. The zero-order chi connectivity index (χ0) is 24.0. The van der Waals surface area contributed by atoms with Crippen molar-refractivity contribution in [1.82, 2.24) is 25.0 Å². The number of benzene rings is 1. The summed E-state index contributed by atoms with van der Waals surface area (Å²) >= 11 is 0. The number of aromatic amines is 1. The summed E-state index contributed by atoms with van der Waals surface area (Å²) in [4.78, 5) is 34.5. The summed E-state index contributed by atoms with van der Waals surface area (Å²) in [5, 5.41) is 7.19. The fraction of sp³-hybridized carbons (Fsp3) is 0.407. The lowest BCUT2D eigenvalue weighted by atomic mass is 9.94. The summed E-state index contributed by atoms with van der Waals surface area (Å²) in [5.41, 5.74) is 2.96. The van der Waals surface area contributed by atoms with Gasteiger partial charge in [0.2, 0.25) is 5.91 Å². The molecule has 2 fully saturated rings. The van der Waals surface area contributed by atoms with Gasteiger partial charge in [-0.15, -0.1) is 0 Å². The molecule has 1 unspecified atom stereocenters. The number of pyridine rings is 1. The van der Waals surface area contributed by atoms with Gasteiger partial charge in [-0.1, -0.05) is 55.7 Å². The molecule has 3 heterocycles. The highest BCUT2D eigenvalue weighted by Gasteiger charge is 2.35. The van der Waals surface area contributed by atoms with Crippen molar-refractivity contribution >= 4 is 11.8 Å². The van der Waals surface area contributed by atoms with Crippen LogP contribution < -0.4 is 0 Å². The Bertz CT molecular complexity index is 1130. The van der Waals surface area contributed by atoms with Crippen molar-refractivity contribution < 1.29 is 14.3 Å². The fourth-order valence-electron chi connectivity index (χ4n) is 5.00. The van der Waals surface area contributed by atoms with Gasteiger partial charge >= 0.3 is 0 Å². The van der Waals surface area contributed by atoms with Crippen molar-refractivity contribution in [2.75, 3.05) is 19.6 Å². The number of ether oxygens (including phenoxy) is 1. The van der Waals surface area contributed by atoms with Gasteiger partial charge in [0.25, 0.3) is 5.91 Å². The second kappa shape index (κ2) is 10.8. The quantitative estimate of drug-likeness (QED) is 0.590. The van der Waals surface area contributed by atoms with Crippen LogP contribution in [0, 0.1) is 0 Å². The maximum absolute atomic E-state index is 13.5. The summed E-state index contributed by atoms with van der Waals surface area (Å²) in [6.07, 6.45) is 8.72. The highest BCUT2D eigenvalue weighted by Crippen LogP contribution is 2.25. The second-order valence-electron chi connectivity index (χ2n) is 9.35. The summed E-state index contributed by atoms with van der Waals surface area (Å²) < 4.78 is 6.26. The van der Waals surface area contributed by atoms with E-state index in [9.17, 15) is 9.59 Å². The van der Waals surface area contributed by atoms with Gasteiger partial charge in [-0.05, 0) is 30.5 Å². The molecule has 8 nitrogen and oxygen atoms in total. The average molecular weight is 474 g/mol. The van der Waals surface area contributed by atoms with Crippen molar-refractivity contribution in [2.45, 2.75) is 50.9 Å². The Hall–Kier alpha value is -3.52. The van der Waals surface area contributed by atoms with Crippen molar-refractivity contribution in [2.24, 2.45) is 0 Å². The number of amides is 2. The van der Waals surface area contributed by atoms with Gasteiger partial charge in [-0.3, -0.25) is 19.7 Å². The Morgan fingerprint density at radius 2 is 1.89 bits per heavy atom. The highest BCUT2D eigenvalue weighted by atomic mass is 16.5. The standard InChI is InChI=1S/C27H31N5O3/c33-26-18-31(27(34)25-14-24(29-30-25)21-9-3-1-4-10-21)16-23(35-19-20-8-7-13-28-15-20)17-32(26)22-11-5-2-6-12-22/h1,3-4,7-10,13-15,22-23H,2,5-6,11-12,16-19H2,(H,29,30). The van der Waals surface area contributed by atoms with Crippen LogP contribution in [0.25, 0.3) is 11.3 Å². The highest BCUT2D eigenvalue weighted by molar-refractivity contribution is 5.96. The number of aromatic nitrogens is 3. The van der Waals surface area contributed by atoms with Gasteiger partial charge in [0.15, 0.2) is 0 Å². The molecular formula is C27H31N5O3. The number of nitrogens with zero attached hydrogens (tertiary/aromatic N) is 4. The molecule has 1 N–H and O–H groups in total. The summed E-state index contributed by atoms with van der Waals surface area (Å²) in [6, 6.07) is 15.5. The number of carbonyl (C=O) groups excluding carboxylic acids is 2. The zero-order valence-corrected chi connectivity index (χ0v) is 19.8. The van der Waals surface area contributed by atoms with Crippen LogP contribution in [-0.2, 0) is 16.1 Å². The molecule has 0 spiro atoms. The molecule has 3 aromatic rings. The first kappa shape index (κ1) is 23.2. The van der Waals surface area contributed by atoms with Crippen LogP contribution in [0.5, 0.6) is 0 Å². The van der Waals surface area contributed by atoms with Crippen molar-refractivity contribution in [3.05, 3.63) is 72.2 Å². The topological polar surface area (TPSA) is 91.4 Å². The van der Waals surface area contributed by atoms with E-state index in [2.05, 4.69) is 15.2 Å². The molecule has 0 radical (unpaired) electrons. The van der Waals surface area contributed by atoms with Gasteiger partial charge in [0, 0.05) is 37.1 Å². The summed E-state index contributed by atoms with van der Waals surface area (Å²) in [6.45, 7) is 1.26. The first-order chi connectivity index (χ1) is 17.2. The lowest BCUT2D eigenvalue weighted by Gasteiger charge is -2.34. The Kier molecular flexibility index (Phi) is 7.18. The van der Waals surface area contributed by atoms with Crippen LogP contribution >= 0.6 is 0 Å². The van der Waals surface area contributed by atoms with E-state index in [0.717, 1.165) is 36.8 Å². The average Bonchev–Trinajstić information content (AvgIpc) is 3.34. The van der Waals surface area contributed by atoms with Crippen LogP contribution in [0.4, 0.5) is 0 Å². The third-order valence-electron chi connectivity index (χ3n) is 6.86. The zero-order valence-electron chi connectivity index (χ0n) is 19.8. The van der Waals surface area contributed by atoms with E-state index < -0.39 is 0 Å². The number of hydrogen-bond acceptors (Lipinski definition) is 5. The van der Waals surface area contributed by atoms with Crippen molar-refractivity contribution in [3.63, 3.8) is 0 Å². The Morgan fingerprint density at radius 3 is 2.66 bits per heavy atom. The minimum absolute atomic E-state index is 0.0134. The van der Waals surface area contributed by atoms with E-state index in [-0.39, 0.29) is 30.5 Å². The third kappa shape index (κ3) is 5.59. The van der Waals surface area contributed by atoms with Crippen LogP contribution in [0.15, 0.2) is 60.9 Å². The van der Waals surface area contributed by atoms with Crippen molar-refractivity contribution in [1.29, 1.82) is 0 Å². The van der Waals surface area contributed by atoms with Crippen LogP contribution in [0.2, 0.25) is 0 Å². The van der Waals surface area contributed by atoms with Gasteiger partial charge in [0.1, 0.15) is 12.2 Å². The maximum Gasteiger partial charge on any atom is 0.272 e. The lowest BCUT2D eigenvalue weighted by molar-refractivity contribution is -0.134. The molecule has 1 aliphatic heterocycles. The molecule has 1 aliphatic carbocycles. The minimum Gasteiger partial charge on any atom is -0.370 e. The van der Waals surface area contributed by atoms with E-state index in [1.807, 2.05) is 47.4 Å². The number of H-pyrrole nitrogens is 1. The largest absolute Gasteiger partial charge is 0.370 e. The molecule has 0 bridgehead atoms. The maximum atomic E-state index is 13.5. The lowest BCUT2D eigenvalue weighted by Crippen LogP contribution is -2.46. The number of nitrogens with one attached hydrogen (secondary N) is 1. The van der Waals surface area contributed by atoms with Gasteiger partial charge in [0.05, 0.1) is 18.4 Å². The smallest absolute Gasteiger partial charge is 0.272 e. The van der Waals surface area contributed by atoms with Crippen LogP contribution in [-0.4, -0.2) is 68.6 Å². The van der Waals surface area contributed by atoms with Crippen LogP contribution in [0.1, 0.15) is 48.2 Å². The van der Waals surface area contributed by atoms with Crippen LogP contribution in [0.3, 0.4) is 0 Å². The third-order valence-corrected chi connectivity index (χ3v) is 6.86. The van der Waals surface area contributed by atoms with Gasteiger partial charge in [-0.2, -0.15) is 5.10 Å². The summed E-state index contributed by atoms with van der Waals surface area (Å²) in [7, 11) is 0. The van der Waals surface area contributed by atoms with Crippen molar-refractivity contribution in [3.8, 4) is 11.3 Å². The number of rotatable bonds is 6. The molecule has 1 aromatic carbocycles. The Balaban J connectivity index is 1.35. The fourth-order valence-corrected chi connectivity index (χ4v) is 5.00. The molecule has 2 aromatic heterocycles. The normalized spacial score (nSPS) is 19.5. The molecule has 1 saturated heterocycles. The molecule has 2 amide bonds. The first-order valence-corrected chi connectivity index (χ1v) is 12.4. The van der Waals surface area contributed by atoms with E-state index in [1.165, 1.54) is 6.42 Å². The Labute approximate surface area is 205 Å². The van der Waals surface area contributed by atoms with Gasteiger partial charge < -0.3 is 14.5 Å². The molecule has 2 aliphatic rings. The Morgan fingerprint density at radius 1 is 1.06 bits per heavy atom. The predicted octanol–water partition coefficient (Wildman–Crippen LogP) is 3.67. The molecule has 35 heavy (non-hydrogen) atoms. The van der Waals surface area contributed by atoms with E-state index in [4.69, 9.17) is 4.74 Å². The molecular weight excluding hydrogens is 442 g/mol. The molecule has 8 heteroatoms. The van der Waals surface area contributed by atoms with E-state index in [1.54, 1.807) is 23.4 Å². The van der Waals surface area contributed by atoms with Gasteiger partial charge in [-0.25, -0.2) is 0 Å². The van der Waals surface area contributed by atoms with E-state index >= 15 is 0 Å². The predicted molar refractivity (Wildman–Crippen MR) is 131 cm³/mol. The summed E-state index contributed by atoms with van der Waals surface area (Å²) in [5.74, 6) is -0.256. The van der Waals surface area contributed by atoms with E-state index in [0.29, 0.717) is 31.1 Å². The molecule has 1 saturated carbocycles. The minimum atomic E-state index is -0.288. The number of carbonyl (C=O) groups is 2. The molecule has 182 valence electrons. The number of hydrogen-bond donors (Lipinski definition) is 1. The molecule has 5 rings (SSSR count). The SMILES string of the molecule is O=C(c1cc(-c2ccccc2)n[nH]1)N1CC(=O)N(C2CCCCC2)CC(OCc2cccnc2)C1.